The Balaban J connectivity index is 1.81. The Morgan fingerprint density at radius 1 is 1.13 bits per heavy atom. The minimum atomic E-state index is -0.645. The molecular weight excluding hydrogens is 302 g/mol. The first-order valence-corrected chi connectivity index (χ1v) is 7.71. The molecule has 0 bridgehead atoms. The van der Waals surface area contributed by atoms with E-state index in [9.17, 15) is 8.78 Å². The molecule has 1 fully saturated rings. The third-order valence-corrected chi connectivity index (χ3v) is 3.87. The van der Waals surface area contributed by atoms with Crippen LogP contribution in [0.1, 0.15) is 25.3 Å². The summed E-state index contributed by atoms with van der Waals surface area (Å²) in [5, 5.41) is 0. The lowest BCUT2D eigenvalue weighted by atomic mass is 10.2. The van der Waals surface area contributed by atoms with E-state index in [4.69, 9.17) is 9.15 Å². The molecule has 0 amide bonds. The van der Waals surface area contributed by atoms with Gasteiger partial charge in [0.15, 0.2) is 0 Å². The fourth-order valence-electron chi connectivity index (χ4n) is 3.00. The van der Waals surface area contributed by atoms with Gasteiger partial charge in [0.25, 0.3) is 0 Å². The predicted octanol–water partition coefficient (Wildman–Crippen LogP) is 3.54. The number of halogens is 2. The molecule has 1 saturated heterocycles. The van der Waals surface area contributed by atoms with Gasteiger partial charge in [-0.1, -0.05) is 0 Å². The highest BCUT2D eigenvalue weighted by Crippen LogP contribution is 2.25. The van der Waals surface area contributed by atoms with Crippen LogP contribution in [0.25, 0.3) is 11.5 Å². The van der Waals surface area contributed by atoms with Crippen molar-refractivity contribution in [2.24, 2.45) is 0 Å². The number of oxazole rings is 1. The Hall–Kier alpha value is -1.79. The summed E-state index contributed by atoms with van der Waals surface area (Å²) >= 11 is 0. The van der Waals surface area contributed by atoms with E-state index in [-0.39, 0.29) is 18.1 Å². The van der Waals surface area contributed by atoms with E-state index in [1.54, 1.807) is 0 Å². The van der Waals surface area contributed by atoms with E-state index in [0.29, 0.717) is 17.9 Å². The van der Waals surface area contributed by atoms with Gasteiger partial charge in [0, 0.05) is 31.3 Å². The van der Waals surface area contributed by atoms with E-state index in [0.717, 1.165) is 24.8 Å². The lowest BCUT2D eigenvalue weighted by Crippen LogP contribution is -2.44. The predicted molar refractivity (Wildman–Crippen MR) is 81.9 cm³/mol. The number of benzene rings is 1. The zero-order valence-corrected chi connectivity index (χ0v) is 13.5. The van der Waals surface area contributed by atoms with Crippen LogP contribution >= 0.6 is 0 Å². The second kappa shape index (κ2) is 6.37. The molecule has 0 radical (unpaired) electrons. The Morgan fingerprint density at radius 3 is 2.35 bits per heavy atom. The highest BCUT2D eigenvalue weighted by atomic mass is 19.1. The van der Waals surface area contributed by atoms with Gasteiger partial charge < -0.3 is 9.15 Å². The van der Waals surface area contributed by atoms with Crippen LogP contribution in [0.3, 0.4) is 0 Å². The molecule has 2 heterocycles. The van der Waals surface area contributed by atoms with Crippen LogP contribution in [-0.4, -0.2) is 35.2 Å². The van der Waals surface area contributed by atoms with Crippen molar-refractivity contribution in [2.45, 2.75) is 39.5 Å². The van der Waals surface area contributed by atoms with Crippen LogP contribution < -0.4 is 0 Å². The highest BCUT2D eigenvalue weighted by molar-refractivity contribution is 5.53. The molecule has 3 rings (SSSR count). The SMILES string of the molecule is Cc1oc(-c2cc(F)cc(F)c2)nc1CN1C[C@@H](C)O[C@@H](C)C1. The molecule has 1 aliphatic rings. The minimum Gasteiger partial charge on any atom is -0.441 e. The normalized spacial score (nSPS) is 22.5. The molecular formula is C17H20F2N2O2. The summed E-state index contributed by atoms with van der Waals surface area (Å²) in [5.74, 6) is -0.386. The van der Waals surface area contributed by atoms with Gasteiger partial charge in [0.2, 0.25) is 5.89 Å². The molecule has 6 heteroatoms. The summed E-state index contributed by atoms with van der Waals surface area (Å²) < 4.78 is 38.0. The van der Waals surface area contributed by atoms with Crippen molar-refractivity contribution in [3.63, 3.8) is 0 Å². The molecule has 2 aromatic rings. The van der Waals surface area contributed by atoms with E-state index in [2.05, 4.69) is 9.88 Å². The van der Waals surface area contributed by atoms with Crippen LogP contribution in [0.15, 0.2) is 22.6 Å². The lowest BCUT2D eigenvalue weighted by molar-refractivity contribution is -0.0708. The smallest absolute Gasteiger partial charge is 0.226 e. The Morgan fingerprint density at radius 2 is 1.74 bits per heavy atom. The maximum atomic E-state index is 13.3. The summed E-state index contributed by atoms with van der Waals surface area (Å²) in [6.07, 6.45) is 0.338. The average Bonchev–Trinajstić information content (AvgIpc) is 2.78. The third kappa shape index (κ3) is 3.76. The fraction of sp³-hybridized carbons (Fsp3) is 0.471. The summed E-state index contributed by atoms with van der Waals surface area (Å²) in [6, 6.07) is 3.27. The summed E-state index contributed by atoms with van der Waals surface area (Å²) in [6.45, 7) is 8.17. The Kier molecular flexibility index (Phi) is 4.46. The molecule has 0 unspecified atom stereocenters. The van der Waals surface area contributed by atoms with Crippen LogP contribution in [0.5, 0.6) is 0 Å². The monoisotopic (exact) mass is 322 g/mol. The summed E-state index contributed by atoms with van der Waals surface area (Å²) in [5.41, 5.74) is 1.09. The molecule has 23 heavy (non-hydrogen) atoms. The van der Waals surface area contributed by atoms with Gasteiger partial charge in [-0.3, -0.25) is 4.90 Å². The van der Waals surface area contributed by atoms with Crippen molar-refractivity contribution < 1.29 is 17.9 Å². The van der Waals surface area contributed by atoms with Crippen LogP contribution in [-0.2, 0) is 11.3 Å². The first-order chi connectivity index (χ1) is 10.9. The number of rotatable bonds is 3. The van der Waals surface area contributed by atoms with E-state index >= 15 is 0 Å². The maximum Gasteiger partial charge on any atom is 0.226 e. The van der Waals surface area contributed by atoms with E-state index in [1.807, 2.05) is 20.8 Å². The molecule has 2 atom stereocenters. The molecule has 124 valence electrons. The summed E-state index contributed by atoms with van der Waals surface area (Å²) in [7, 11) is 0. The molecule has 1 aromatic heterocycles. The first-order valence-electron chi connectivity index (χ1n) is 7.71. The molecule has 1 aliphatic heterocycles. The van der Waals surface area contributed by atoms with Crippen LogP contribution in [0, 0.1) is 18.6 Å². The fourth-order valence-corrected chi connectivity index (χ4v) is 3.00. The lowest BCUT2D eigenvalue weighted by Gasteiger charge is -2.34. The molecule has 0 aliphatic carbocycles. The highest BCUT2D eigenvalue weighted by Gasteiger charge is 2.24. The van der Waals surface area contributed by atoms with Gasteiger partial charge in [-0.05, 0) is 32.9 Å². The number of hydrogen-bond donors (Lipinski definition) is 0. The number of nitrogens with zero attached hydrogens (tertiary/aromatic N) is 2. The maximum absolute atomic E-state index is 13.3. The first kappa shape index (κ1) is 16.1. The largest absolute Gasteiger partial charge is 0.441 e. The zero-order chi connectivity index (χ0) is 16.6. The van der Waals surface area contributed by atoms with Gasteiger partial charge in [-0.2, -0.15) is 0 Å². The standard InChI is InChI=1S/C17H20F2N2O2/c1-10-7-21(8-11(2)22-10)9-16-12(3)23-17(20-16)13-4-14(18)6-15(19)5-13/h4-6,10-11H,7-9H2,1-3H3/t10-,11+. The van der Waals surface area contributed by atoms with Gasteiger partial charge in [0.1, 0.15) is 17.4 Å². The minimum absolute atomic E-state index is 0.169. The van der Waals surface area contributed by atoms with Crippen LogP contribution in [0.4, 0.5) is 8.78 Å². The number of morpholine rings is 1. The van der Waals surface area contributed by atoms with Crippen molar-refractivity contribution in [2.75, 3.05) is 13.1 Å². The second-order valence-electron chi connectivity index (χ2n) is 6.13. The van der Waals surface area contributed by atoms with Crippen molar-refractivity contribution in [1.29, 1.82) is 0 Å². The molecule has 0 spiro atoms. The number of aromatic nitrogens is 1. The quantitative estimate of drug-likeness (QED) is 0.866. The Labute approximate surface area is 134 Å². The van der Waals surface area contributed by atoms with Gasteiger partial charge >= 0.3 is 0 Å². The van der Waals surface area contributed by atoms with Gasteiger partial charge in [-0.25, -0.2) is 13.8 Å². The molecule has 4 nitrogen and oxygen atoms in total. The second-order valence-corrected chi connectivity index (χ2v) is 6.13. The van der Waals surface area contributed by atoms with E-state index in [1.165, 1.54) is 12.1 Å². The van der Waals surface area contributed by atoms with Crippen molar-refractivity contribution in [1.82, 2.24) is 9.88 Å². The number of hydrogen-bond acceptors (Lipinski definition) is 4. The Bertz CT molecular complexity index is 672. The van der Waals surface area contributed by atoms with Gasteiger partial charge in [-0.15, -0.1) is 0 Å². The van der Waals surface area contributed by atoms with Crippen molar-refractivity contribution in [3.05, 3.63) is 41.3 Å². The zero-order valence-electron chi connectivity index (χ0n) is 13.5. The molecule has 1 aromatic carbocycles. The van der Waals surface area contributed by atoms with Crippen molar-refractivity contribution >= 4 is 0 Å². The number of aryl methyl sites for hydroxylation is 1. The van der Waals surface area contributed by atoms with Crippen LogP contribution in [0.2, 0.25) is 0 Å². The topological polar surface area (TPSA) is 38.5 Å². The molecule has 0 N–H and O–H groups in total. The molecule has 0 saturated carbocycles. The third-order valence-electron chi connectivity index (χ3n) is 3.87. The van der Waals surface area contributed by atoms with Crippen molar-refractivity contribution in [3.8, 4) is 11.5 Å². The number of ether oxygens (including phenoxy) is 1. The average molecular weight is 322 g/mol. The summed E-state index contributed by atoms with van der Waals surface area (Å²) in [4.78, 5) is 6.67. The van der Waals surface area contributed by atoms with E-state index < -0.39 is 11.6 Å². The van der Waals surface area contributed by atoms with Gasteiger partial charge in [0.05, 0.1) is 17.9 Å².